The van der Waals surface area contributed by atoms with Crippen molar-refractivity contribution in [2.45, 2.75) is 25.9 Å². The van der Waals surface area contributed by atoms with E-state index in [0.717, 1.165) is 5.56 Å². The van der Waals surface area contributed by atoms with Crippen molar-refractivity contribution >= 4 is 0 Å². The Bertz CT molecular complexity index is 308. The van der Waals surface area contributed by atoms with Crippen molar-refractivity contribution in [3.8, 4) is 0 Å². The van der Waals surface area contributed by atoms with Crippen LogP contribution in [0.3, 0.4) is 0 Å². The zero-order valence-corrected chi connectivity index (χ0v) is 8.16. The monoisotopic (exact) mass is 223 g/mol. The first-order valence-electron chi connectivity index (χ1n) is 4.37. The third-order valence-corrected chi connectivity index (χ3v) is 1.77. The molecule has 0 saturated carbocycles. The predicted octanol–water partition coefficient (Wildman–Crippen LogP) is 1.44. The summed E-state index contributed by atoms with van der Waals surface area (Å²) in [5.74, 6) is 0. The van der Waals surface area contributed by atoms with Gasteiger partial charge in [-0.2, -0.15) is 5.10 Å². The summed E-state index contributed by atoms with van der Waals surface area (Å²) < 4.78 is 39.8. The molecule has 0 saturated heterocycles. The lowest BCUT2D eigenvalue weighted by molar-refractivity contribution is -0.325. The fraction of sp³-hybridized carbons (Fsp3) is 0.625. The Morgan fingerprint density at radius 3 is 2.73 bits per heavy atom. The molecule has 1 atom stereocenters. The Labute approximate surface area is 84.8 Å². The number of rotatable bonds is 4. The van der Waals surface area contributed by atoms with Crippen LogP contribution in [0.2, 0.25) is 0 Å². The SMILES string of the molecule is CC(N)c1cnn(CCOC(F)(F)F)c1. The van der Waals surface area contributed by atoms with Crippen LogP contribution in [-0.4, -0.2) is 22.7 Å². The molecule has 0 spiro atoms. The molecule has 15 heavy (non-hydrogen) atoms. The van der Waals surface area contributed by atoms with Crippen molar-refractivity contribution in [2.24, 2.45) is 5.73 Å². The number of hydrogen-bond acceptors (Lipinski definition) is 3. The molecule has 0 aromatic carbocycles. The van der Waals surface area contributed by atoms with Crippen molar-refractivity contribution in [3.05, 3.63) is 18.0 Å². The summed E-state index contributed by atoms with van der Waals surface area (Å²) in [6.45, 7) is 1.36. The molecule has 86 valence electrons. The van der Waals surface area contributed by atoms with E-state index in [0.29, 0.717) is 0 Å². The van der Waals surface area contributed by atoms with E-state index in [1.54, 1.807) is 13.1 Å². The van der Waals surface area contributed by atoms with Gasteiger partial charge in [-0.25, -0.2) is 0 Å². The summed E-state index contributed by atoms with van der Waals surface area (Å²) in [5.41, 5.74) is 6.34. The van der Waals surface area contributed by atoms with Gasteiger partial charge in [0.05, 0.1) is 19.3 Å². The van der Waals surface area contributed by atoms with Crippen LogP contribution >= 0.6 is 0 Å². The minimum atomic E-state index is -4.59. The summed E-state index contributed by atoms with van der Waals surface area (Å²) in [6.07, 6.45) is -1.46. The quantitative estimate of drug-likeness (QED) is 0.840. The molecule has 1 unspecified atom stereocenters. The maximum absolute atomic E-state index is 11.6. The van der Waals surface area contributed by atoms with Crippen LogP contribution < -0.4 is 5.73 Å². The molecule has 2 N–H and O–H groups in total. The average Bonchev–Trinajstić information content (AvgIpc) is 2.50. The molecular formula is C8H12F3N3O. The maximum atomic E-state index is 11.6. The second-order valence-electron chi connectivity index (χ2n) is 3.12. The summed E-state index contributed by atoms with van der Waals surface area (Å²) in [5, 5.41) is 3.85. The van der Waals surface area contributed by atoms with Gasteiger partial charge in [0, 0.05) is 17.8 Å². The Hall–Kier alpha value is -1.08. The molecule has 7 heteroatoms. The van der Waals surface area contributed by atoms with Crippen molar-refractivity contribution < 1.29 is 17.9 Å². The average molecular weight is 223 g/mol. The van der Waals surface area contributed by atoms with Crippen LogP contribution in [0, 0.1) is 0 Å². The number of nitrogens with zero attached hydrogens (tertiary/aromatic N) is 2. The lowest BCUT2D eigenvalue weighted by Crippen LogP contribution is -2.17. The van der Waals surface area contributed by atoms with Crippen LogP contribution in [0.15, 0.2) is 12.4 Å². The van der Waals surface area contributed by atoms with E-state index >= 15 is 0 Å². The van der Waals surface area contributed by atoms with Crippen molar-refractivity contribution in [2.75, 3.05) is 6.61 Å². The first-order chi connectivity index (χ1) is 6.88. The number of hydrogen-bond donors (Lipinski definition) is 1. The second-order valence-corrected chi connectivity index (χ2v) is 3.12. The zero-order chi connectivity index (χ0) is 11.5. The van der Waals surface area contributed by atoms with Gasteiger partial charge in [-0.3, -0.25) is 9.42 Å². The van der Waals surface area contributed by atoms with Gasteiger partial charge in [0.15, 0.2) is 0 Å². The van der Waals surface area contributed by atoms with Gasteiger partial charge in [-0.15, -0.1) is 13.2 Å². The van der Waals surface area contributed by atoms with Crippen LogP contribution in [0.5, 0.6) is 0 Å². The van der Waals surface area contributed by atoms with Crippen molar-refractivity contribution in [3.63, 3.8) is 0 Å². The molecular weight excluding hydrogens is 211 g/mol. The lowest BCUT2D eigenvalue weighted by Gasteiger charge is -2.06. The molecule has 0 fully saturated rings. The number of aromatic nitrogens is 2. The number of alkyl halides is 3. The van der Waals surface area contributed by atoms with E-state index in [2.05, 4.69) is 9.84 Å². The smallest absolute Gasteiger partial charge is 0.324 e. The maximum Gasteiger partial charge on any atom is 0.522 e. The molecule has 0 bridgehead atoms. The molecule has 0 aliphatic rings. The Morgan fingerprint density at radius 2 is 2.27 bits per heavy atom. The third kappa shape index (κ3) is 4.30. The summed E-state index contributed by atoms with van der Waals surface area (Å²) in [4.78, 5) is 0. The molecule has 0 amide bonds. The molecule has 1 aromatic rings. The fourth-order valence-electron chi connectivity index (χ4n) is 0.992. The van der Waals surface area contributed by atoms with Gasteiger partial charge < -0.3 is 5.73 Å². The Balaban J connectivity index is 2.38. The topological polar surface area (TPSA) is 53.1 Å². The molecule has 4 nitrogen and oxygen atoms in total. The third-order valence-electron chi connectivity index (χ3n) is 1.77. The van der Waals surface area contributed by atoms with E-state index in [9.17, 15) is 13.2 Å². The van der Waals surface area contributed by atoms with Gasteiger partial charge >= 0.3 is 6.36 Å². The van der Waals surface area contributed by atoms with Crippen molar-refractivity contribution in [1.29, 1.82) is 0 Å². The Morgan fingerprint density at radius 1 is 1.60 bits per heavy atom. The Kier molecular flexibility index (Phi) is 3.70. The second kappa shape index (κ2) is 4.63. The van der Waals surface area contributed by atoms with E-state index in [-0.39, 0.29) is 12.6 Å². The highest BCUT2D eigenvalue weighted by Gasteiger charge is 2.28. The zero-order valence-electron chi connectivity index (χ0n) is 8.16. The van der Waals surface area contributed by atoms with Gasteiger partial charge in [-0.05, 0) is 6.92 Å². The molecule has 1 heterocycles. The van der Waals surface area contributed by atoms with Gasteiger partial charge in [0.2, 0.25) is 0 Å². The van der Waals surface area contributed by atoms with E-state index in [1.165, 1.54) is 10.9 Å². The van der Waals surface area contributed by atoms with E-state index < -0.39 is 13.0 Å². The highest BCUT2D eigenvalue weighted by molar-refractivity contribution is 5.07. The number of nitrogens with two attached hydrogens (primary N) is 1. The predicted molar refractivity (Wildman–Crippen MR) is 46.8 cm³/mol. The first-order valence-corrected chi connectivity index (χ1v) is 4.37. The van der Waals surface area contributed by atoms with Crippen LogP contribution in [-0.2, 0) is 11.3 Å². The minimum Gasteiger partial charge on any atom is -0.324 e. The van der Waals surface area contributed by atoms with Crippen molar-refractivity contribution in [1.82, 2.24) is 9.78 Å². The van der Waals surface area contributed by atoms with Crippen LogP contribution in [0.1, 0.15) is 18.5 Å². The van der Waals surface area contributed by atoms with Gasteiger partial charge in [0.1, 0.15) is 0 Å². The summed E-state index contributed by atoms with van der Waals surface area (Å²) >= 11 is 0. The van der Waals surface area contributed by atoms with Crippen LogP contribution in [0.4, 0.5) is 13.2 Å². The highest BCUT2D eigenvalue weighted by Crippen LogP contribution is 2.15. The van der Waals surface area contributed by atoms with E-state index in [4.69, 9.17) is 5.73 Å². The molecule has 1 aromatic heterocycles. The fourth-order valence-corrected chi connectivity index (χ4v) is 0.992. The highest BCUT2D eigenvalue weighted by atomic mass is 19.4. The van der Waals surface area contributed by atoms with E-state index in [1.807, 2.05) is 0 Å². The minimum absolute atomic E-state index is 0.0478. The molecule has 0 aliphatic heterocycles. The summed E-state index contributed by atoms with van der Waals surface area (Å²) in [6, 6.07) is -0.178. The normalized spacial score (nSPS) is 14.2. The summed E-state index contributed by atoms with van der Waals surface area (Å²) in [7, 11) is 0. The largest absolute Gasteiger partial charge is 0.522 e. The standard InChI is InChI=1S/C8H12F3N3O/c1-6(12)7-4-13-14(5-7)2-3-15-8(9,10)11/h4-6H,2-3,12H2,1H3. The first kappa shape index (κ1) is 12.0. The molecule has 0 radical (unpaired) electrons. The van der Waals surface area contributed by atoms with Gasteiger partial charge in [-0.1, -0.05) is 0 Å². The number of halogens is 3. The van der Waals surface area contributed by atoms with Gasteiger partial charge in [0.25, 0.3) is 0 Å². The van der Waals surface area contributed by atoms with Crippen LogP contribution in [0.25, 0.3) is 0 Å². The molecule has 1 rings (SSSR count). The molecule has 0 aliphatic carbocycles. The number of ether oxygens (including phenoxy) is 1. The lowest BCUT2D eigenvalue weighted by atomic mass is 10.2.